The molecule has 0 aromatic heterocycles. The molecule has 17 heavy (non-hydrogen) atoms. The van der Waals surface area contributed by atoms with E-state index in [0.717, 1.165) is 5.56 Å². The molecule has 3 nitrogen and oxygen atoms in total. The predicted octanol–water partition coefficient (Wildman–Crippen LogP) is 2.84. The minimum Gasteiger partial charge on any atom is -0.478 e. The monoisotopic (exact) mass is 255 g/mol. The van der Waals surface area contributed by atoms with E-state index in [9.17, 15) is 9.90 Å². The number of nitrogens with two attached hydrogens (primary N) is 1. The number of benzene rings is 1. The van der Waals surface area contributed by atoms with E-state index in [4.69, 9.17) is 17.3 Å². The molecule has 4 heteroatoms. The van der Waals surface area contributed by atoms with Crippen molar-refractivity contribution in [3.63, 3.8) is 0 Å². The van der Waals surface area contributed by atoms with Gasteiger partial charge in [-0.05, 0) is 35.6 Å². The Kier molecular flexibility index (Phi) is 4.17. The molecule has 0 amide bonds. The maximum atomic E-state index is 11.2. The standard InChI is InChI=1S/C13H18ClNO2/c1-13(2,3)10-9(12(16)17)5-4-8(6-7-15)11(10)14/h4-5H,6-7,15H2,1-3H3,(H,16,17). The molecule has 0 bridgehead atoms. The fourth-order valence-corrected chi connectivity index (χ4v) is 2.42. The number of hydrogen-bond acceptors (Lipinski definition) is 2. The van der Waals surface area contributed by atoms with E-state index in [-0.39, 0.29) is 11.0 Å². The first-order chi connectivity index (χ1) is 7.79. The maximum Gasteiger partial charge on any atom is 0.336 e. The normalized spacial score (nSPS) is 11.6. The van der Waals surface area contributed by atoms with Gasteiger partial charge in [-0.15, -0.1) is 0 Å². The zero-order chi connectivity index (χ0) is 13.2. The first-order valence-electron chi connectivity index (χ1n) is 5.54. The van der Waals surface area contributed by atoms with Crippen molar-refractivity contribution in [3.8, 4) is 0 Å². The Morgan fingerprint density at radius 1 is 1.41 bits per heavy atom. The predicted molar refractivity (Wildman–Crippen MR) is 69.9 cm³/mol. The molecule has 3 N–H and O–H groups in total. The molecule has 1 aromatic rings. The Morgan fingerprint density at radius 2 is 2.00 bits per heavy atom. The van der Waals surface area contributed by atoms with Gasteiger partial charge in [-0.3, -0.25) is 0 Å². The van der Waals surface area contributed by atoms with Crippen LogP contribution < -0.4 is 5.73 Å². The van der Waals surface area contributed by atoms with Crippen LogP contribution in [0.15, 0.2) is 12.1 Å². The average molecular weight is 256 g/mol. The van der Waals surface area contributed by atoms with Crippen LogP contribution in [0.25, 0.3) is 0 Å². The Balaban J connectivity index is 3.48. The molecule has 0 spiro atoms. The second kappa shape index (κ2) is 5.07. The van der Waals surface area contributed by atoms with E-state index in [1.165, 1.54) is 0 Å². The smallest absolute Gasteiger partial charge is 0.336 e. The summed E-state index contributed by atoms with van der Waals surface area (Å²) in [5, 5.41) is 9.72. The van der Waals surface area contributed by atoms with E-state index in [2.05, 4.69) is 0 Å². The highest BCUT2D eigenvalue weighted by atomic mass is 35.5. The van der Waals surface area contributed by atoms with Gasteiger partial charge in [0.15, 0.2) is 0 Å². The van der Waals surface area contributed by atoms with Crippen molar-refractivity contribution in [3.05, 3.63) is 33.8 Å². The van der Waals surface area contributed by atoms with Crippen molar-refractivity contribution < 1.29 is 9.90 Å². The first kappa shape index (κ1) is 14.0. The number of aromatic carboxylic acids is 1. The molecule has 0 aliphatic rings. The molecule has 0 saturated carbocycles. The van der Waals surface area contributed by atoms with Gasteiger partial charge in [0.1, 0.15) is 0 Å². The molecule has 0 aliphatic heterocycles. The summed E-state index contributed by atoms with van der Waals surface area (Å²) >= 11 is 6.30. The lowest BCUT2D eigenvalue weighted by atomic mass is 9.82. The minimum absolute atomic E-state index is 0.267. The van der Waals surface area contributed by atoms with E-state index in [1.807, 2.05) is 20.8 Å². The van der Waals surface area contributed by atoms with Gasteiger partial charge in [0.05, 0.1) is 5.56 Å². The summed E-state index contributed by atoms with van der Waals surface area (Å²) in [5.41, 5.74) is 7.05. The quantitative estimate of drug-likeness (QED) is 0.873. The van der Waals surface area contributed by atoms with Gasteiger partial charge in [0, 0.05) is 5.02 Å². The molecule has 0 saturated heterocycles. The molecule has 1 aromatic carbocycles. The van der Waals surface area contributed by atoms with Crippen LogP contribution in [0.4, 0.5) is 0 Å². The lowest BCUT2D eigenvalue weighted by Crippen LogP contribution is -2.19. The van der Waals surface area contributed by atoms with E-state index in [1.54, 1.807) is 12.1 Å². The molecule has 1 rings (SSSR count). The van der Waals surface area contributed by atoms with Gasteiger partial charge in [0.25, 0.3) is 0 Å². The summed E-state index contributed by atoms with van der Waals surface area (Å²) in [7, 11) is 0. The molecule has 0 aliphatic carbocycles. The summed E-state index contributed by atoms with van der Waals surface area (Å²) in [6.07, 6.45) is 0.655. The summed E-state index contributed by atoms with van der Waals surface area (Å²) in [6.45, 7) is 6.35. The molecular weight excluding hydrogens is 238 g/mol. The fourth-order valence-electron chi connectivity index (χ4n) is 1.88. The SMILES string of the molecule is CC(C)(C)c1c(C(=O)O)ccc(CCN)c1Cl. The van der Waals surface area contributed by atoms with Gasteiger partial charge in [-0.1, -0.05) is 38.4 Å². The van der Waals surface area contributed by atoms with Crippen LogP contribution in [-0.4, -0.2) is 17.6 Å². The van der Waals surface area contributed by atoms with Crippen LogP contribution in [-0.2, 0) is 11.8 Å². The van der Waals surface area contributed by atoms with Crippen molar-refractivity contribution in [2.24, 2.45) is 5.73 Å². The topological polar surface area (TPSA) is 63.3 Å². The van der Waals surface area contributed by atoms with E-state index < -0.39 is 5.97 Å². The van der Waals surface area contributed by atoms with Gasteiger partial charge in [-0.2, -0.15) is 0 Å². The third kappa shape index (κ3) is 2.99. The fraction of sp³-hybridized carbons (Fsp3) is 0.462. The third-order valence-electron chi connectivity index (χ3n) is 2.62. The summed E-state index contributed by atoms with van der Waals surface area (Å²) in [4.78, 5) is 11.2. The summed E-state index contributed by atoms with van der Waals surface area (Å²) in [6, 6.07) is 3.35. The van der Waals surface area contributed by atoms with Crippen LogP contribution in [0.1, 0.15) is 42.3 Å². The Morgan fingerprint density at radius 3 is 2.41 bits per heavy atom. The molecule has 0 atom stereocenters. The molecule has 0 heterocycles. The molecule has 0 radical (unpaired) electrons. The van der Waals surface area contributed by atoms with Crippen molar-refractivity contribution in [2.45, 2.75) is 32.6 Å². The minimum atomic E-state index is -0.948. The number of halogens is 1. The maximum absolute atomic E-state index is 11.2. The van der Waals surface area contributed by atoms with E-state index >= 15 is 0 Å². The van der Waals surface area contributed by atoms with Crippen molar-refractivity contribution in [1.29, 1.82) is 0 Å². The lowest BCUT2D eigenvalue weighted by molar-refractivity contribution is 0.0694. The number of carboxylic acids is 1. The van der Waals surface area contributed by atoms with Crippen molar-refractivity contribution in [1.82, 2.24) is 0 Å². The number of carboxylic acid groups (broad SMARTS) is 1. The van der Waals surface area contributed by atoms with Crippen molar-refractivity contribution >= 4 is 17.6 Å². The van der Waals surface area contributed by atoms with Crippen LogP contribution >= 0.6 is 11.6 Å². The first-order valence-corrected chi connectivity index (χ1v) is 5.92. The van der Waals surface area contributed by atoms with Gasteiger partial charge in [0.2, 0.25) is 0 Å². The molecular formula is C13H18ClNO2. The van der Waals surface area contributed by atoms with Crippen LogP contribution in [0.5, 0.6) is 0 Å². The Hall–Kier alpha value is -1.06. The summed E-state index contributed by atoms with van der Waals surface area (Å²) < 4.78 is 0. The Labute approximate surface area is 107 Å². The number of rotatable bonds is 3. The largest absolute Gasteiger partial charge is 0.478 e. The lowest BCUT2D eigenvalue weighted by Gasteiger charge is -2.24. The molecule has 0 unspecified atom stereocenters. The van der Waals surface area contributed by atoms with Gasteiger partial charge >= 0.3 is 5.97 Å². The second-order valence-electron chi connectivity index (χ2n) is 5.06. The molecule has 94 valence electrons. The number of carbonyl (C=O) groups is 1. The molecule has 0 fully saturated rings. The van der Waals surface area contributed by atoms with E-state index in [0.29, 0.717) is 23.6 Å². The van der Waals surface area contributed by atoms with Crippen LogP contribution in [0.3, 0.4) is 0 Å². The van der Waals surface area contributed by atoms with Crippen LogP contribution in [0.2, 0.25) is 5.02 Å². The number of hydrogen-bond donors (Lipinski definition) is 2. The average Bonchev–Trinajstić information content (AvgIpc) is 2.18. The highest BCUT2D eigenvalue weighted by Gasteiger charge is 2.25. The third-order valence-corrected chi connectivity index (χ3v) is 3.05. The highest BCUT2D eigenvalue weighted by Crippen LogP contribution is 2.35. The van der Waals surface area contributed by atoms with Gasteiger partial charge in [-0.25, -0.2) is 4.79 Å². The van der Waals surface area contributed by atoms with Crippen LogP contribution in [0, 0.1) is 0 Å². The zero-order valence-corrected chi connectivity index (χ0v) is 11.1. The Bertz CT molecular complexity index is 436. The highest BCUT2D eigenvalue weighted by molar-refractivity contribution is 6.32. The van der Waals surface area contributed by atoms with Gasteiger partial charge < -0.3 is 10.8 Å². The summed E-state index contributed by atoms with van der Waals surface area (Å²) in [5.74, 6) is -0.948. The zero-order valence-electron chi connectivity index (χ0n) is 10.4. The van der Waals surface area contributed by atoms with Crippen molar-refractivity contribution in [2.75, 3.05) is 6.54 Å². The second-order valence-corrected chi connectivity index (χ2v) is 5.43.